The van der Waals surface area contributed by atoms with Gasteiger partial charge >= 0.3 is 0 Å². The highest BCUT2D eigenvalue weighted by atomic mass is 32.2. The van der Waals surface area contributed by atoms with Crippen molar-refractivity contribution in [2.24, 2.45) is 5.92 Å². The molecule has 2 atom stereocenters. The van der Waals surface area contributed by atoms with Gasteiger partial charge in [-0.25, -0.2) is 8.42 Å². The number of rotatable bonds is 1. The first kappa shape index (κ1) is 12.7. The summed E-state index contributed by atoms with van der Waals surface area (Å²) in [4.78, 5) is 14.4. The van der Waals surface area contributed by atoms with Crippen LogP contribution in [0.4, 0.5) is 5.69 Å². The van der Waals surface area contributed by atoms with E-state index in [9.17, 15) is 13.2 Å². The molecule has 2 heterocycles. The second-order valence-corrected chi connectivity index (χ2v) is 7.72. The second-order valence-electron chi connectivity index (χ2n) is 5.49. The Bertz CT molecular complexity index is 623. The van der Waals surface area contributed by atoms with Gasteiger partial charge in [0.25, 0.3) is 0 Å². The van der Waals surface area contributed by atoms with Gasteiger partial charge in [0.1, 0.15) is 0 Å². The fourth-order valence-electron chi connectivity index (χ4n) is 3.09. The van der Waals surface area contributed by atoms with Crippen LogP contribution in [0.25, 0.3) is 0 Å². The molecule has 19 heavy (non-hydrogen) atoms. The van der Waals surface area contributed by atoms with Crippen molar-refractivity contribution in [1.29, 1.82) is 0 Å². The number of benzene rings is 1. The molecule has 102 valence electrons. The lowest BCUT2D eigenvalue weighted by molar-refractivity contribution is -0.121. The van der Waals surface area contributed by atoms with Crippen LogP contribution in [0.1, 0.15) is 18.9 Å². The smallest absolute Gasteiger partial charge is 0.231 e. The number of para-hydroxylation sites is 1. The third kappa shape index (κ3) is 2.16. The van der Waals surface area contributed by atoms with Crippen LogP contribution in [-0.4, -0.2) is 31.9 Å². The summed E-state index contributed by atoms with van der Waals surface area (Å²) in [5.41, 5.74) is 2.12. The number of sulfone groups is 1. The molecule has 0 aliphatic carbocycles. The standard InChI is InChI=1S/C14H17NO3S/c1-10-8-11-4-2-3-5-13(11)15(10)14(16)12-6-7-19(17,18)9-12/h2-5,10,12H,6-9H2,1H3/t10-,12-/m1/s1. The molecular formula is C14H17NO3S. The fourth-order valence-corrected chi connectivity index (χ4v) is 4.82. The van der Waals surface area contributed by atoms with Crippen LogP contribution in [0.2, 0.25) is 0 Å². The van der Waals surface area contributed by atoms with Crippen molar-refractivity contribution < 1.29 is 13.2 Å². The molecule has 0 saturated carbocycles. The quantitative estimate of drug-likeness (QED) is 0.781. The lowest BCUT2D eigenvalue weighted by atomic mass is 10.1. The minimum Gasteiger partial charge on any atom is -0.309 e. The molecule has 4 nitrogen and oxygen atoms in total. The first-order chi connectivity index (χ1) is 8.98. The van der Waals surface area contributed by atoms with E-state index in [4.69, 9.17) is 0 Å². The summed E-state index contributed by atoms with van der Waals surface area (Å²) in [7, 11) is -3.01. The molecule has 5 heteroatoms. The van der Waals surface area contributed by atoms with Crippen LogP contribution in [0.15, 0.2) is 24.3 Å². The van der Waals surface area contributed by atoms with E-state index in [1.807, 2.05) is 31.2 Å². The van der Waals surface area contributed by atoms with E-state index >= 15 is 0 Å². The van der Waals surface area contributed by atoms with Crippen molar-refractivity contribution in [1.82, 2.24) is 0 Å². The van der Waals surface area contributed by atoms with Crippen molar-refractivity contribution in [2.75, 3.05) is 16.4 Å². The van der Waals surface area contributed by atoms with E-state index in [0.717, 1.165) is 12.1 Å². The van der Waals surface area contributed by atoms with Crippen LogP contribution in [0.3, 0.4) is 0 Å². The van der Waals surface area contributed by atoms with Crippen molar-refractivity contribution in [2.45, 2.75) is 25.8 Å². The molecule has 2 aliphatic rings. The zero-order valence-electron chi connectivity index (χ0n) is 10.9. The highest BCUT2D eigenvalue weighted by molar-refractivity contribution is 7.91. The van der Waals surface area contributed by atoms with Crippen LogP contribution < -0.4 is 4.90 Å². The molecule has 1 amide bonds. The van der Waals surface area contributed by atoms with E-state index in [1.165, 1.54) is 5.56 Å². The Morgan fingerprint density at radius 1 is 1.32 bits per heavy atom. The third-order valence-corrected chi connectivity index (χ3v) is 5.79. The summed E-state index contributed by atoms with van der Waals surface area (Å²) in [5, 5.41) is 0. The normalized spacial score (nSPS) is 28.4. The van der Waals surface area contributed by atoms with Gasteiger partial charge in [0.15, 0.2) is 9.84 Å². The summed E-state index contributed by atoms with van der Waals surface area (Å²) in [6, 6.07) is 7.99. The molecule has 1 saturated heterocycles. The van der Waals surface area contributed by atoms with Crippen molar-refractivity contribution in [3.05, 3.63) is 29.8 Å². The lowest BCUT2D eigenvalue weighted by Crippen LogP contribution is -2.40. The zero-order valence-corrected chi connectivity index (χ0v) is 11.7. The Hall–Kier alpha value is -1.36. The van der Waals surface area contributed by atoms with Gasteiger partial charge in [0.2, 0.25) is 5.91 Å². The van der Waals surface area contributed by atoms with E-state index in [-0.39, 0.29) is 29.4 Å². The monoisotopic (exact) mass is 279 g/mol. The predicted octanol–water partition coefficient (Wildman–Crippen LogP) is 1.40. The Balaban J connectivity index is 1.89. The Labute approximate surface area is 113 Å². The molecule has 2 aliphatic heterocycles. The Morgan fingerprint density at radius 3 is 2.74 bits per heavy atom. The number of hydrogen-bond acceptors (Lipinski definition) is 3. The van der Waals surface area contributed by atoms with Crippen LogP contribution in [-0.2, 0) is 21.1 Å². The SMILES string of the molecule is C[C@@H]1Cc2ccccc2N1C(=O)[C@@H]1CCS(=O)(=O)C1. The summed E-state index contributed by atoms with van der Waals surface area (Å²) in [6.45, 7) is 2.02. The Kier molecular flexibility index (Phi) is 2.89. The number of amides is 1. The van der Waals surface area contributed by atoms with Gasteiger partial charge in [-0.05, 0) is 31.4 Å². The molecule has 0 N–H and O–H groups in total. The van der Waals surface area contributed by atoms with Crippen molar-refractivity contribution in [3.63, 3.8) is 0 Å². The van der Waals surface area contributed by atoms with E-state index in [2.05, 4.69) is 0 Å². The third-order valence-electron chi connectivity index (χ3n) is 4.03. The molecule has 1 aromatic rings. The number of fused-ring (bicyclic) bond motifs is 1. The van der Waals surface area contributed by atoms with Gasteiger partial charge in [-0.3, -0.25) is 4.79 Å². The minimum atomic E-state index is -3.01. The summed E-state index contributed by atoms with van der Waals surface area (Å²) < 4.78 is 23.0. The maximum Gasteiger partial charge on any atom is 0.231 e. The van der Waals surface area contributed by atoms with Crippen LogP contribution >= 0.6 is 0 Å². The molecule has 0 radical (unpaired) electrons. The van der Waals surface area contributed by atoms with Gasteiger partial charge in [-0.1, -0.05) is 18.2 Å². The summed E-state index contributed by atoms with van der Waals surface area (Å²) >= 11 is 0. The molecular weight excluding hydrogens is 262 g/mol. The first-order valence-electron chi connectivity index (χ1n) is 6.59. The first-order valence-corrected chi connectivity index (χ1v) is 8.41. The highest BCUT2D eigenvalue weighted by Gasteiger charge is 2.39. The maximum atomic E-state index is 12.6. The van der Waals surface area contributed by atoms with Crippen LogP contribution in [0.5, 0.6) is 0 Å². The molecule has 3 rings (SSSR count). The zero-order chi connectivity index (χ0) is 13.6. The molecule has 1 aromatic carbocycles. The second kappa shape index (κ2) is 4.34. The maximum absolute atomic E-state index is 12.6. The fraction of sp³-hybridized carbons (Fsp3) is 0.500. The number of carbonyl (C=O) groups is 1. The molecule has 0 aromatic heterocycles. The van der Waals surface area contributed by atoms with Gasteiger partial charge in [0, 0.05) is 11.7 Å². The van der Waals surface area contributed by atoms with E-state index in [0.29, 0.717) is 6.42 Å². The highest BCUT2D eigenvalue weighted by Crippen LogP contribution is 2.34. The van der Waals surface area contributed by atoms with E-state index < -0.39 is 9.84 Å². The number of anilines is 1. The topological polar surface area (TPSA) is 54.5 Å². The molecule has 0 spiro atoms. The number of nitrogens with zero attached hydrogens (tertiary/aromatic N) is 1. The average molecular weight is 279 g/mol. The summed E-state index contributed by atoms with van der Waals surface area (Å²) in [6.07, 6.45) is 1.31. The van der Waals surface area contributed by atoms with Gasteiger partial charge in [0.05, 0.1) is 17.4 Å². The molecule has 0 bridgehead atoms. The minimum absolute atomic E-state index is 0.0111. The predicted molar refractivity (Wildman–Crippen MR) is 73.9 cm³/mol. The Morgan fingerprint density at radius 2 is 2.05 bits per heavy atom. The van der Waals surface area contributed by atoms with Crippen LogP contribution in [0, 0.1) is 5.92 Å². The largest absolute Gasteiger partial charge is 0.309 e. The van der Waals surface area contributed by atoms with Gasteiger partial charge in [-0.15, -0.1) is 0 Å². The molecule has 0 unspecified atom stereocenters. The van der Waals surface area contributed by atoms with Gasteiger partial charge in [-0.2, -0.15) is 0 Å². The summed E-state index contributed by atoms with van der Waals surface area (Å²) in [5.74, 6) is -0.234. The molecule has 1 fully saturated rings. The number of carbonyl (C=O) groups excluding carboxylic acids is 1. The van der Waals surface area contributed by atoms with Crippen molar-refractivity contribution >= 4 is 21.4 Å². The number of hydrogen-bond donors (Lipinski definition) is 0. The van der Waals surface area contributed by atoms with E-state index in [1.54, 1.807) is 4.90 Å². The lowest BCUT2D eigenvalue weighted by Gasteiger charge is -2.25. The average Bonchev–Trinajstić information content (AvgIpc) is 2.87. The van der Waals surface area contributed by atoms with Gasteiger partial charge < -0.3 is 4.90 Å². The van der Waals surface area contributed by atoms with Crippen molar-refractivity contribution in [3.8, 4) is 0 Å².